The largest absolute Gasteiger partial charge is 0.321 e. The molecule has 0 atom stereocenters. The molecule has 104 valence electrons. The first-order chi connectivity index (χ1) is 9.72. The van der Waals surface area contributed by atoms with Crippen molar-refractivity contribution in [1.29, 1.82) is 0 Å². The Labute approximate surface area is 116 Å². The summed E-state index contributed by atoms with van der Waals surface area (Å²) < 4.78 is 0. The summed E-state index contributed by atoms with van der Waals surface area (Å²) in [5, 5.41) is 9.92. The Balaban J connectivity index is 1.71. The number of benzene rings is 1. The lowest BCUT2D eigenvalue weighted by molar-refractivity contribution is -0.121. The molecule has 2 amide bonds. The minimum atomic E-state index is -0.256. The number of carbonyl (C=O) groups is 2. The quantitative estimate of drug-likeness (QED) is 0.734. The number of hydrazone groups is 1. The van der Waals surface area contributed by atoms with Gasteiger partial charge in [0.15, 0.2) is 0 Å². The molecule has 1 aromatic carbocycles. The SMILES string of the molecule is O=C1CCC(C(=O)Nc2ccc3c(c2)CNCC3)=NN1. The summed E-state index contributed by atoms with van der Waals surface area (Å²) in [6, 6.07) is 5.95. The molecular weight excluding hydrogens is 256 g/mol. The van der Waals surface area contributed by atoms with Crippen LogP contribution in [-0.2, 0) is 22.6 Å². The molecule has 3 N–H and O–H groups in total. The lowest BCUT2D eigenvalue weighted by Crippen LogP contribution is -2.32. The Morgan fingerprint density at radius 1 is 1.20 bits per heavy atom. The van der Waals surface area contributed by atoms with Gasteiger partial charge in [-0.15, -0.1) is 0 Å². The zero-order valence-corrected chi connectivity index (χ0v) is 11.0. The van der Waals surface area contributed by atoms with Crippen LogP contribution in [0, 0.1) is 0 Å². The highest BCUT2D eigenvalue weighted by Gasteiger charge is 2.18. The van der Waals surface area contributed by atoms with Gasteiger partial charge in [0.05, 0.1) is 0 Å². The van der Waals surface area contributed by atoms with Crippen LogP contribution in [0.25, 0.3) is 0 Å². The molecule has 6 nitrogen and oxygen atoms in total. The molecule has 0 unspecified atom stereocenters. The first kappa shape index (κ1) is 12.8. The molecule has 0 aromatic heterocycles. The van der Waals surface area contributed by atoms with Crippen molar-refractivity contribution in [3.05, 3.63) is 29.3 Å². The number of nitrogens with one attached hydrogen (secondary N) is 3. The monoisotopic (exact) mass is 272 g/mol. The third kappa shape index (κ3) is 2.70. The Hall–Kier alpha value is -2.21. The van der Waals surface area contributed by atoms with Crippen molar-refractivity contribution in [2.45, 2.75) is 25.8 Å². The van der Waals surface area contributed by atoms with E-state index in [0.717, 1.165) is 25.2 Å². The first-order valence-corrected chi connectivity index (χ1v) is 6.71. The second-order valence-corrected chi connectivity index (χ2v) is 4.96. The van der Waals surface area contributed by atoms with Crippen molar-refractivity contribution in [3.8, 4) is 0 Å². The number of rotatable bonds is 2. The van der Waals surface area contributed by atoms with Crippen LogP contribution in [0.15, 0.2) is 23.3 Å². The highest BCUT2D eigenvalue weighted by molar-refractivity contribution is 6.43. The van der Waals surface area contributed by atoms with E-state index in [2.05, 4.69) is 27.2 Å². The third-order valence-corrected chi connectivity index (χ3v) is 3.52. The smallest absolute Gasteiger partial charge is 0.271 e. The van der Waals surface area contributed by atoms with Gasteiger partial charge in [-0.3, -0.25) is 9.59 Å². The molecule has 0 saturated carbocycles. The minimum Gasteiger partial charge on any atom is -0.321 e. The van der Waals surface area contributed by atoms with E-state index in [1.807, 2.05) is 12.1 Å². The lowest BCUT2D eigenvalue weighted by Gasteiger charge is -2.18. The van der Waals surface area contributed by atoms with Crippen LogP contribution in [-0.4, -0.2) is 24.1 Å². The summed E-state index contributed by atoms with van der Waals surface area (Å²) in [7, 11) is 0. The fourth-order valence-corrected chi connectivity index (χ4v) is 2.40. The van der Waals surface area contributed by atoms with Crippen LogP contribution < -0.4 is 16.1 Å². The summed E-state index contributed by atoms with van der Waals surface area (Å²) in [5.74, 6) is -0.407. The summed E-state index contributed by atoms with van der Waals surface area (Å²) in [6.07, 6.45) is 1.70. The van der Waals surface area contributed by atoms with Crippen LogP contribution in [0.4, 0.5) is 5.69 Å². The zero-order valence-electron chi connectivity index (χ0n) is 11.0. The van der Waals surface area contributed by atoms with E-state index in [-0.39, 0.29) is 11.8 Å². The van der Waals surface area contributed by atoms with Gasteiger partial charge < -0.3 is 10.6 Å². The van der Waals surface area contributed by atoms with Crippen LogP contribution in [0.2, 0.25) is 0 Å². The molecular formula is C14H16N4O2. The van der Waals surface area contributed by atoms with E-state index in [0.29, 0.717) is 18.6 Å². The van der Waals surface area contributed by atoms with Crippen LogP contribution in [0.1, 0.15) is 24.0 Å². The van der Waals surface area contributed by atoms with E-state index in [4.69, 9.17) is 0 Å². The van der Waals surface area contributed by atoms with E-state index in [1.54, 1.807) is 0 Å². The molecule has 0 radical (unpaired) electrons. The second kappa shape index (κ2) is 5.42. The van der Waals surface area contributed by atoms with Crippen molar-refractivity contribution >= 4 is 23.2 Å². The number of carbonyl (C=O) groups excluding carboxylic acids is 2. The average molecular weight is 272 g/mol. The highest BCUT2D eigenvalue weighted by Crippen LogP contribution is 2.19. The number of hydrogen-bond donors (Lipinski definition) is 3. The molecule has 6 heteroatoms. The molecule has 2 heterocycles. The van der Waals surface area contributed by atoms with E-state index in [9.17, 15) is 9.59 Å². The van der Waals surface area contributed by atoms with Crippen molar-refractivity contribution in [2.75, 3.05) is 11.9 Å². The average Bonchev–Trinajstić information content (AvgIpc) is 2.48. The molecule has 3 rings (SSSR count). The molecule has 20 heavy (non-hydrogen) atoms. The molecule has 2 aliphatic rings. The van der Waals surface area contributed by atoms with E-state index >= 15 is 0 Å². The number of amides is 2. The molecule has 0 bridgehead atoms. The van der Waals surface area contributed by atoms with Gasteiger partial charge in [-0.05, 0) is 36.2 Å². The Morgan fingerprint density at radius 3 is 2.90 bits per heavy atom. The van der Waals surface area contributed by atoms with Gasteiger partial charge in [0.1, 0.15) is 5.71 Å². The number of fused-ring (bicyclic) bond motifs is 1. The summed E-state index contributed by atoms with van der Waals surface area (Å²) in [4.78, 5) is 23.0. The lowest BCUT2D eigenvalue weighted by atomic mass is 10.0. The minimum absolute atomic E-state index is 0.151. The first-order valence-electron chi connectivity index (χ1n) is 6.71. The van der Waals surface area contributed by atoms with Crippen molar-refractivity contribution in [1.82, 2.24) is 10.7 Å². The number of nitrogens with zero attached hydrogens (tertiary/aromatic N) is 1. The van der Waals surface area contributed by atoms with Crippen molar-refractivity contribution in [2.24, 2.45) is 5.10 Å². The predicted molar refractivity (Wildman–Crippen MR) is 75.3 cm³/mol. The van der Waals surface area contributed by atoms with Gasteiger partial charge >= 0.3 is 0 Å². The maximum Gasteiger partial charge on any atom is 0.271 e. The molecule has 0 fully saturated rings. The second-order valence-electron chi connectivity index (χ2n) is 4.96. The molecule has 2 aliphatic heterocycles. The number of anilines is 1. The molecule has 0 spiro atoms. The van der Waals surface area contributed by atoms with E-state index in [1.165, 1.54) is 11.1 Å². The fraction of sp³-hybridized carbons (Fsp3) is 0.357. The highest BCUT2D eigenvalue weighted by atomic mass is 16.2. The Kier molecular flexibility index (Phi) is 3.47. The normalized spacial score (nSPS) is 17.8. The topological polar surface area (TPSA) is 82.6 Å². The summed E-state index contributed by atoms with van der Waals surface area (Å²) in [6.45, 7) is 1.82. The molecule has 0 saturated heterocycles. The summed E-state index contributed by atoms with van der Waals surface area (Å²) in [5.41, 5.74) is 5.99. The van der Waals surface area contributed by atoms with Gasteiger partial charge in [0.2, 0.25) is 5.91 Å². The van der Waals surface area contributed by atoms with Gasteiger partial charge in [-0.25, -0.2) is 5.43 Å². The Morgan fingerprint density at radius 2 is 2.10 bits per heavy atom. The third-order valence-electron chi connectivity index (χ3n) is 3.52. The fourth-order valence-electron chi connectivity index (χ4n) is 2.40. The van der Waals surface area contributed by atoms with Gasteiger partial charge in [0.25, 0.3) is 5.91 Å². The van der Waals surface area contributed by atoms with Gasteiger partial charge in [-0.1, -0.05) is 6.07 Å². The van der Waals surface area contributed by atoms with Gasteiger partial charge in [-0.2, -0.15) is 5.10 Å². The van der Waals surface area contributed by atoms with Crippen molar-refractivity contribution in [3.63, 3.8) is 0 Å². The number of hydrogen-bond acceptors (Lipinski definition) is 4. The zero-order chi connectivity index (χ0) is 13.9. The maximum absolute atomic E-state index is 12.0. The summed E-state index contributed by atoms with van der Waals surface area (Å²) >= 11 is 0. The standard InChI is InChI=1S/C14H16N4O2/c19-13-4-3-12(17-18-13)14(20)16-11-2-1-9-5-6-15-8-10(9)7-11/h1-2,7,15H,3-6,8H2,(H,16,20)(H,18,19). The predicted octanol–water partition coefficient (Wildman–Crippen LogP) is 0.537. The molecule has 0 aliphatic carbocycles. The van der Waals surface area contributed by atoms with Gasteiger partial charge in [0, 0.05) is 25.1 Å². The van der Waals surface area contributed by atoms with E-state index < -0.39 is 0 Å². The van der Waals surface area contributed by atoms with Crippen LogP contribution in [0.3, 0.4) is 0 Å². The Bertz CT molecular complexity index is 595. The van der Waals surface area contributed by atoms with Crippen LogP contribution in [0.5, 0.6) is 0 Å². The van der Waals surface area contributed by atoms with Crippen LogP contribution >= 0.6 is 0 Å². The van der Waals surface area contributed by atoms with Crippen molar-refractivity contribution < 1.29 is 9.59 Å². The maximum atomic E-state index is 12.0. The molecule has 1 aromatic rings.